The van der Waals surface area contributed by atoms with Crippen LogP contribution in [0.5, 0.6) is 0 Å². The van der Waals surface area contributed by atoms with Crippen molar-refractivity contribution in [1.82, 2.24) is 4.98 Å². The summed E-state index contributed by atoms with van der Waals surface area (Å²) >= 11 is 1.52. The molecule has 0 saturated carbocycles. The monoisotopic (exact) mass is 229 g/mol. The molecule has 2 rings (SSSR count). The van der Waals surface area contributed by atoms with Gasteiger partial charge in [0.25, 0.3) is 0 Å². The molecule has 2 heterocycles. The minimum absolute atomic E-state index is 0.191. The molecule has 0 fully saturated rings. The maximum Gasteiger partial charge on any atom is 0.110 e. The maximum absolute atomic E-state index is 8.75. The van der Waals surface area contributed by atoms with Gasteiger partial charge in [-0.15, -0.1) is 11.3 Å². The summed E-state index contributed by atoms with van der Waals surface area (Å²) in [7, 11) is 0. The molecular formula is C12H11N3S. The number of hydrogen-bond donors (Lipinski definition) is 1. The molecule has 2 aromatic heterocycles. The quantitative estimate of drug-likeness (QED) is 0.879. The van der Waals surface area contributed by atoms with E-state index in [1.165, 1.54) is 11.3 Å². The van der Waals surface area contributed by atoms with Gasteiger partial charge in [-0.3, -0.25) is 4.98 Å². The van der Waals surface area contributed by atoms with E-state index in [0.29, 0.717) is 0 Å². The number of nitrogens with one attached hydrogen (secondary N) is 1. The molecule has 1 atom stereocenters. The number of thiophene rings is 1. The molecule has 0 amide bonds. The number of aromatic nitrogens is 1. The largest absolute Gasteiger partial charge is 0.376 e. The van der Waals surface area contributed by atoms with Crippen LogP contribution in [0.2, 0.25) is 0 Å². The second-order valence-corrected chi connectivity index (χ2v) is 4.54. The predicted octanol–water partition coefficient (Wildman–Crippen LogP) is 3.19. The summed E-state index contributed by atoms with van der Waals surface area (Å²) in [6, 6.07) is 10.0. The van der Waals surface area contributed by atoms with E-state index in [0.717, 1.165) is 15.4 Å². The van der Waals surface area contributed by atoms with Gasteiger partial charge in [0, 0.05) is 17.3 Å². The molecule has 1 unspecified atom stereocenters. The first-order chi connectivity index (χ1) is 7.79. The van der Waals surface area contributed by atoms with E-state index in [2.05, 4.69) is 23.3 Å². The lowest BCUT2D eigenvalue weighted by molar-refractivity contribution is 0.906. The Morgan fingerprint density at radius 2 is 2.31 bits per heavy atom. The van der Waals surface area contributed by atoms with Crippen molar-refractivity contribution >= 4 is 17.0 Å². The lowest BCUT2D eigenvalue weighted by Crippen LogP contribution is -2.04. The average molecular weight is 229 g/mol. The van der Waals surface area contributed by atoms with Crippen LogP contribution in [0.15, 0.2) is 36.7 Å². The Kier molecular flexibility index (Phi) is 3.18. The highest BCUT2D eigenvalue weighted by atomic mass is 32.1. The van der Waals surface area contributed by atoms with Crippen LogP contribution in [0, 0.1) is 11.3 Å². The number of rotatable bonds is 3. The van der Waals surface area contributed by atoms with Crippen LogP contribution in [0.4, 0.5) is 5.69 Å². The normalized spacial score (nSPS) is 11.8. The Balaban J connectivity index is 2.09. The number of pyridine rings is 1. The molecular weight excluding hydrogens is 218 g/mol. The second kappa shape index (κ2) is 4.77. The van der Waals surface area contributed by atoms with Gasteiger partial charge in [-0.2, -0.15) is 5.26 Å². The van der Waals surface area contributed by atoms with E-state index < -0.39 is 0 Å². The molecule has 0 aliphatic rings. The molecule has 0 aromatic carbocycles. The van der Waals surface area contributed by atoms with Crippen LogP contribution in [0.25, 0.3) is 0 Å². The predicted molar refractivity (Wildman–Crippen MR) is 65.3 cm³/mol. The van der Waals surface area contributed by atoms with E-state index in [9.17, 15) is 0 Å². The first-order valence-electron chi connectivity index (χ1n) is 4.96. The molecule has 0 aliphatic carbocycles. The van der Waals surface area contributed by atoms with Gasteiger partial charge in [-0.05, 0) is 31.2 Å². The van der Waals surface area contributed by atoms with E-state index in [4.69, 9.17) is 5.26 Å². The van der Waals surface area contributed by atoms with Crippen LogP contribution in [0.1, 0.15) is 22.7 Å². The van der Waals surface area contributed by atoms with Crippen LogP contribution < -0.4 is 5.32 Å². The van der Waals surface area contributed by atoms with Crippen molar-refractivity contribution < 1.29 is 0 Å². The summed E-state index contributed by atoms with van der Waals surface area (Å²) in [6.07, 6.45) is 3.53. The molecule has 0 spiro atoms. The van der Waals surface area contributed by atoms with E-state index in [1.807, 2.05) is 24.3 Å². The molecule has 2 aromatic rings. The Labute approximate surface area is 98.4 Å². The van der Waals surface area contributed by atoms with Crippen LogP contribution in [-0.4, -0.2) is 4.98 Å². The molecule has 3 nitrogen and oxygen atoms in total. The average Bonchev–Trinajstić information content (AvgIpc) is 2.79. The summed E-state index contributed by atoms with van der Waals surface area (Å²) in [5.74, 6) is 0. The number of anilines is 1. The van der Waals surface area contributed by atoms with Gasteiger partial charge in [-0.25, -0.2) is 0 Å². The third-order valence-electron chi connectivity index (χ3n) is 2.21. The summed E-state index contributed by atoms with van der Waals surface area (Å²) in [5.41, 5.74) is 0.988. The van der Waals surface area contributed by atoms with E-state index in [1.54, 1.807) is 12.4 Å². The molecule has 0 bridgehead atoms. The minimum atomic E-state index is 0.191. The lowest BCUT2D eigenvalue weighted by Gasteiger charge is -2.12. The second-order valence-electron chi connectivity index (χ2n) is 3.42. The van der Waals surface area contributed by atoms with Gasteiger partial charge in [0.15, 0.2) is 0 Å². The third-order valence-corrected chi connectivity index (χ3v) is 3.38. The highest BCUT2D eigenvalue weighted by molar-refractivity contribution is 7.12. The first-order valence-corrected chi connectivity index (χ1v) is 5.77. The van der Waals surface area contributed by atoms with Crippen LogP contribution in [0.3, 0.4) is 0 Å². The molecule has 0 saturated heterocycles. The first kappa shape index (κ1) is 10.7. The van der Waals surface area contributed by atoms with Crippen molar-refractivity contribution in [3.8, 4) is 6.07 Å². The zero-order chi connectivity index (χ0) is 11.4. The highest BCUT2D eigenvalue weighted by Gasteiger charge is 2.08. The lowest BCUT2D eigenvalue weighted by atomic mass is 10.2. The van der Waals surface area contributed by atoms with E-state index >= 15 is 0 Å². The molecule has 1 N–H and O–H groups in total. The van der Waals surface area contributed by atoms with Crippen molar-refractivity contribution in [1.29, 1.82) is 5.26 Å². The zero-order valence-corrected chi connectivity index (χ0v) is 9.66. The van der Waals surface area contributed by atoms with Gasteiger partial charge in [0.05, 0.1) is 11.7 Å². The fourth-order valence-electron chi connectivity index (χ4n) is 1.41. The van der Waals surface area contributed by atoms with Crippen molar-refractivity contribution in [3.63, 3.8) is 0 Å². The smallest absolute Gasteiger partial charge is 0.110 e. The standard InChI is InChI=1S/C12H11N3S/c1-9(12-5-4-11(7-13)16-12)15-10-3-2-6-14-8-10/h2-6,8-9,15H,1H3. The van der Waals surface area contributed by atoms with Gasteiger partial charge in [0.1, 0.15) is 10.9 Å². The fourth-order valence-corrected chi connectivity index (χ4v) is 2.22. The van der Waals surface area contributed by atoms with Crippen molar-refractivity contribution in [2.24, 2.45) is 0 Å². The SMILES string of the molecule is CC(Nc1cccnc1)c1ccc(C#N)s1. The van der Waals surface area contributed by atoms with Gasteiger partial charge in [0.2, 0.25) is 0 Å². The van der Waals surface area contributed by atoms with Crippen molar-refractivity contribution in [2.45, 2.75) is 13.0 Å². The molecule has 0 aliphatic heterocycles. The van der Waals surface area contributed by atoms with Crippen molar-refractivity contribution in [2.75, 3.05) is 5.32 Å². The zero-order valence-electron chi connectivity index (χ0n) is 8.84. The topological polar surface area (TPSA) is 48.7 Å². The number of hydrogen-bond acceptors (Lipinski definition) is 4. The number of nitrogens with zero attached hydrogens (tertiary/aromatic N) is 2. The van der Waals surface area contributed by atoms with Gasteiger partial charge in [-0.1, -0.05) is 0 Å². The molecule has 4 heteroatoms. The Morgan fingerprint density at radius 1 is 1.44 bits per heavy atom. The Morgan fingerprint density at radius 3 is 2.94 bits per heavy atom. The fraction of sp³-hybridized carbons (Fsp3) is 0.167. The molecule has 16 heavy (non-hydrogen) atoms. The highest BCUT2D eigenvalue weighted by Crippen LogP contribution is 2.25. The van der Waals surface area contributed by atoms with E-state index in [-0.39, 0.29) is 6.04 Å². The third kappa shape index (κ3) is 2.38. The summed E-state index contributed by atoms with van der Waals surface area (Å²) in [5, 5.41) is 12.1. The van der Waals surface area contributed by atoms with Gasteiger partial charge < -0.3 is 5.32 Å². The molecule has 0 radical (unpaired) electrons. The summed E-state index contributed by atoms with van der Waals surface area (Å²) < 4.78 is 0. The van der Waals surface area contributed by atoms with Crippen LogP contribution in [-0.2, 0) is 0 Å². The van der Waals surface area contributed by atoms with Crippen molar-refractivity contribution in [3.05, 3.63) is 46.4 Å². The maximum atomic E-state index is 8.75. The van der Waals surface area contributed by atoms with Gasteiger partial charge >= 0.3 is 0 Å². The summed E-state index contributed by atoms with van der Waals surface area (Å²) in [4.78, 5) is 5.94. The van der Waals surface area contributed by atoms with Crippen LogP contribution >= 0.6 is 11.3 Å². The minimum Gasteiger partial charge on any atom is -0.376 e. The summed E-state index contributed by atoms with van der Waals surface area (Å²) in [6.45, 7) is 2.07. The Bertz CT molecular complexity index is 498. The number of nitriles is 1. The Hall–Kier alpha value is -1.86. The molecule has 80 valence electrons.